The summed E-state index contributed by atoms with van der Waals surface area (Å²) in [4.78, 5) is 16.1. The van der Waals surface area contributed by atoms with Gasteiger partial charge < -0.3 is 10.1 Å². The zero-order valence-electron chi connectivity index (χ0n) is 12.4. The number of hydrogen-bond donors (Lipinski definition) is 1. The molecule has 4 nitrogen and oxygen atoms in total. The van der Waals surface area contributed by atoms with Crippen LogP contribution in [0.1, 0.15) is 29.2 Å². The van der Waals surface area contributed by atoms with E-state index in [1.807, 2.05) is 43.3 Å². The number of nitrogens with zero attached hydrogens (tertiary/aromatic N) is 1. The van der Waals surface area contributed by atoms with E-state index in [4.69, 9.17) is 4.74 Å². The Labute approximate surface area is 125 Å². The number of hydrogen-bond acceptors (Lipinski definition) is 3. The van der Waals surface area contributed by atoms with Crippen molar-refractivity contribution >= 4 is 5.91 Å². The van der Waals surface area contributed by atoms with Crippen molar-refractivity contribution in [2.75, 3.05) is 13.7 Å². The number of amides is 1. The van der Waals surface area contributed by atoms with E-state index in [0.717, 1.165) is 16.7 Å². The first-order valence-electron chi connectivity index (χ1n) is 6.96. The van der Waals surface area contributed by atoms with Gasteiger partial charge in [0.2, 0.25) is 5.91 Å². The molecule has 4 heteroatoms. The summed E-state index contributed by atoms with van der Waals surface area (Å²) < 4.78 is 4.96. The van der Waals surface area contributed by atoms with Crippen molar-refractivity contribution in [2.24, 2.45) is 0 Å². The van der Waals surface area contributed by atoms with Crippen LogP contribution >= 0.6 is 0 Å². The number of ether oxygens (including phenoxy) is 1. The molecule has 0 bridgehead atoms. The highest BCUT2D eigenvalue weighted by Gasteiger charge is 2.18. The number of benzene rings is 1. The second kappa shape index (κ2) is 7.55. The maximum Gasteiger partial charge on any atom is 0.223 e. The van der Waals surface area contributed by atoms with Crippen molar-refractivity contribution in [3.63, 3.8) is 0 Å². The summed E-state index contributed by atoms with van der Waals surface area (Å²) in [6.07, 6.45) is 3.83. The molecular formula is C17H20N2O2. The van der Waals surface area contributed by atoms with Crippen molar-refractivity contribution in [3.05, 3.63) is 65.5 Å². The third-order valence-corrected chi connectivity index (χ3v) is 3.38. The van der Waals surface area contributed by atoms with E-state index in [9.17, 15) is 4.79 Å². The topological polar surface area (TPSA) is 51.2 Å². The van der Waals surface area contributed by atoms with Crippen LogP contribution in [-0.4, -0.2) is 24.6 Å². The number of rotatable bonds is 6. The molecule has 1 aromatic carbocycles. The molecule has 110 valence electrons. The molecule has 2 aromatic rings. The first kappa shape index (κ1) is 15.2. The van der Waals surface area contributed by atoms with Gasteiger partial charge >= 0.3 is 0 Å². The standard InChI is InChI=1S/C17H20N2O2/c1-13-5-3-4-6-15(13)17(14-7-10-18-11-8-14)19-16(20)9-12-21-2/h3-8,10-11,17H,9,12H2,1-2H3,(H,19,20). The fraction of sp³-hybridized carbons (Fsp3) is 0.294. The molecule has 0 spiro atoms. The molecule has 21 heavy (non-hydrogen) atoms. The summed E-state index contributed by atoms with van der Waals surface area (Å²) in [7, 11) is 1.59. The molecule has 1 amide bonds. The summed E-state index contributed by atoms with van der Waals surface area (Å²) in [6.45, 7) is 2.47. The Bertz CT molecular complexity index is 584. The molecule has 0 saturated carbocycles. The van der Waals surface area contributed by atoms with Gasteiger partial charge in [0.15, 0.2) is 0 Å². The van der Waals surface area contributed by atoms with Crippen LogP contribution in [0.4, 0.5) is 0 Å². The summed E-state index contributed by atoms with van der Waals surface area (Å²) in [5.74, 6) is -0.0260. The molecule has 0 saturated heterocycles. The van der Waals surface area contributed by atoms with Crippen LogP contribution < -0.4 is 5.32 Å². The van der Waals surface area contributed by atoms with Crippen molar-refractivity contribution < 1.29 is 9.53 Å². The molecule has 0 aliphatic carbocycles. The largest absolute Gasteiger partial charge is 0.384 e. The Morgan fingerprint density at radius 2 is 1.95 bits per heavy atom. The molecule has 1 heterocycles. The quantitative estimate of drug-likeness (QED) is 0.887. The minimum absolute atomic E-state index is 0.0260. The maximum atomic E-state index is 12.1. The van der Waals surface area contributed by atoms with Crippen LogP contribution in [0.25, 0.3) is 0 Å². The molecule has 0 aliphatic rings. The fourth-order valence-electron chi connectivity index (χ4n) is 2.24. The van der Waals surface area contributed by atoms with Gasteiger partial charge in [0.25, 0.3) is 0 Å². The van der Waals surface area contributed by atoms with Gasteiger partial charge in [-0.3, -0.25) is 9.78 Å². The maximum absolute atomic E-state index is 12.1. The van der Waals surface area contributed by atoms with E-state index >= 15 is 0 Å². The van der Waals surface area contributed by atoms with Crippen molar-refractivity contribution in [2.45, 2.75) is 19.4 Å². The van der Waals surface area contributed by atoms with E-state index in [-0.39, 0.29) is 11.9 Å². The van der Waals surface area contributed by atoms with Gasteiger partial charge in [0.1, 0.15) is 0 Å². The highest BCUT2D eigenvalue weighted by Crippen LogP contribution is 2.24. The van der Waals surface area contributed by atoms with Gasteiger partial charge in [-0.05, 0) is 35.7 Å². The summed E-state index contributed by atoms with van der Waals surface area (Å²) in [6, 6.07) is 11.7. The van der Waals surface area contributed by atoms with Crippen LogP contribution in [0.15, 0.2) is 48.8 Å². The predicted molar refractivity (Wildman–Crippen MR) is 81.9 cm³/mol. The molecule has 1 atom stereocenters. The lowest BCUT2D eigenvalue weighted by atomic mass is 9.95. The van der Waals surface area contributed by atoms with E-state index in [0.29, 0.717) is 13.0 Å². The smallest absolute Gasteiger partial charge is 0.223 e. The first-order chi connectivity index (χ1) is 10.2. The zero-order chi connectivity index (χ0) is 15.1. The molecule has 0 aliphatic heterocycles. The van der Waals surface area contributed by atoms with Crippen molar-refractivity contribution in [1.82, 2.24) is 10.3 Å². The Hall–Kier alpha value is -2.20. The van der Waals surface area contributed by atoms with Crippen LogP contribution in [-0.2, 0) is 9.53 Å². The van der Waals surface area contributed by atoms with E-state index < -0.39 is 0 Å². The normalized spacial score (nSPS) is 11.9. The average molecular weight is 284 g/mol. The molecule has 0 fully saturated rings. The number of aryl methyl sites for hydroxylation is 1. The fourth-order valence-corrected chi connectivity index (χ4v) is 2.24. The molecule has 1 N–H and O–H groups in total. The highest BCUT2D eigenvalue weighted by atomic mass is 16.5. The van der Waals surface area contributed by atoms with Crippen LogP contribution in [0.3, 0.4) is 0 Å². The highest BCUT2D eigenvalue weighted by molar-refractivity contribution is 5.77. The van der Waals surface area contributed by atoms with E-state index in [1.54, 1.807) is 19.5 Å². The molecule has 2 rings (SSSR count). The number of pyridine rings is 1. The summed E-state index contributed by atoms with van der Waals surface area (Å²) in [5, 5.41) is 3.08. The number of carbonyl (C=O) groups is 1. The minimum atomic E-state index is -0.168. The Morgan fingerprint density at radius 1 is 1.24 bits per heavy atom. The number of nitrogens with one attached hydrogen (secondary N) is 1. The SMILES string of the molecule is COCCC(=O)NC(c1ccncc1)c1ccccc1C. The third kappa shape index (κ3) is 4.13. The lowest BCUT2D eigenvalue weighted by molar-refractivity contribution is -0.122. The average Bonchev–Trinajstić information content (AvgIpc) is 2.52. The van der Waals surface area contributed by atoms with E-state index in [1.165, 1.54) is 0 Å². The number of aromatic nitrogens is 1. The lowest BCUT2D eigenvalue weighted by Crippen LogP contribution is -2.30. The molecule has 0 radical (unpaired) electrons. The van der Waals surface area contributed by atoms with Gasteiger partial charge in [-0.25, -0.2) is 0 Å². The van der Waals surface area contributed by atoms with Gasteiger partial charge in [-0.2, -0.15) is 0 Å². The number of methoxy groups -OCH3 is 1. The Morgan fingerprint density at radius 3 is 2.62 bits per heavy atom. The molecular weight excluding hydrogens is 264 g/mol. The van der Waals surface area contributed by atoms with Crippen molar-refractivity contribution in [3.8, 4) is 0 Å². The Kier molecular flexibility index (Phi) is 5.46. The van der Waals surface area contributed by atoms with E-state index in [2.05, 4.69) is 10.3 Å². The van der Waals surface area contributed by atoms with Crippen LogP contribution in [0.2, 0.25) is 0 Å². The predicted octanol–water partition coefficient (Wildman–Crippen LogP) is 2.63. The lowest BCUT2D eigenvalue weighted by Gasteiger charge is -2.21. The van der Waals surface area contributed by atoms with Gasteiger partial charge in [0, 0.05) is 25.9 Å². The summed E-state index contributed by atoms with van der Waals surface area (Å²) in [5.41, 5.74) is 3.26. The summed E-state index contributed by atoms with van der Waals surface area (Å²) >= 11 is 0. The molecule has 1 unspecified atom stereocenters. The first-order valence-corrected chi connectivity index (χ1v) is 6.96. The van der Waals surface area contributed by atoms with Crippen LogP contribution in [0, 0.1) is 6.92 Å². The van der Waals surface area contributed by atoms with Gasteiger partial charge in [0.05, 0.1) is 12.6 Å². The van der Waals surface area contributed by atoms with Gasteiger partial charge in [-0.15, -0.1) is 0 Å². The van der Waals surface area contributed by atoms with Crippen LogP contribution in [0.5, 0.6) is 0 Å². The second-order valence-electron chi connectivity index (χ2n) is 4.88. The van der Waals surface area contributed by atoms with Crippen molar-refractivity contribution in [1.29, 1.82) is 0 Å². The Balaban J connectivity index is 2.27. The number of carbonyl (C=O) groups excluding carboxylic acids is 1. The zero-order valence-corrected chi connectivity index (χ0v) is 12.4. The molecule has 1 aromatic heterocycles. The van der Waals surface area contributed by atoms with Gasteiger partial charge in [-0.1, -0.05) is 24.3 Å². The minimum Gasteiger partial charge on any atom is -0.384 e. The third-order valence-electron chi connectivity index (χ3n) is 3.38. The second-order valence-corrected chi connectivity index (χ2v) is 4.88. The monoisotopic (exact) mass is 284 g/mol.